The highest BCUT2D eigenvalue weighted by molar-refractivity contribution is 5.77. The molecule has 2 nitrogen and oxygen atoms in total. The van der Waals surface area contributed by atoms with Crippen molar-refractivity contribution in [1.29, 1.82) is 0 Å². The lowest BCUT2D eigenvalue weighted by Gasteiger charge is -2.16. The molecule has 2 aromatic rings. The van der Waals surface area contributed by atoms with E-state index in [9.17, 15) is 5.11 Å². The van der Waals surface area contributed by atoms with E-state index in [0.717, 1.165) is 28.7 Å². The van der Waals surface area contributed by atoms with Crippen molar-refractivity contribution in [2.45, 2.75) is 33.1 Å². The number of hydrogen-bond donors (Lipinski definition) is 1. The van der Waals surface area contributed by atoms with Crippen LogP contribution >= 0.6 is 0 Å². The molecule has 2 rings (SSSR count). The van der Waals surface area contributed by atoms with Crippen molar-refractivity contribution in [1.82, 2.24) is 0 Å². The van der Waals surface area contributed by atoms with E-state index in [1.807, 2.05) is 18.2 Å². The average Bonchev–Trinajstić information content (AvgIpc) is 2.49. The van der Waals surface area contributed by atoms with Crippen LogP contribution in [0.1, 0.15) is 36.5 Å². The fourth-order valence-electron chi connectivity index (χ4n) is 2.60. The van der Waals surface area contributed by atoms with Crippen LogP contribution in [0, 0.1) is 6.92 Å². The molecular formula is C20H24O2. The summed E-state index contributed by atoms with van der Waals surface area (Å²) < 4.78 is 5.33. The number of phenols is 1. The van der Waals surface area contributed by atoms with Crippen LogP contribution in [-0.4, -0.2) is 12.2 Å². The van der Waals surface area contributed by atoms with Gasteiger partial charge < -0.3 is 9.84 Å². The summed E-state index contributed by atoms with van der Waals surface area (Å²) in [5.74, 6) is 1.14. The van der Waals surface area contributed by atoms with E-state index in [2.05, 4.69) is 45.5 Å². The van der Waals surface area contributed by atoms with Crippen molar-refractivity contribution in [3.63, 3.8) is 0 Å². The Morgan fingerprint density at radius 2 is 1.91 bits per heavy atom. The number of aryl methyl sites for hydroxylation is 1. The molecule has 0 amide bonds. The van der Waals surface area contributed by atoms with Gasteiger partial charge in [0.2, 0.25) is 0 Å². The van der Waals surface area contributed by atoms with Gasteiger partial charge in [-0.05, 0) is 53.6 Å². The van der Waals surface area contributed by atoms with E-state index >= 15 is 0 Å². The molecule has 2 heteroatoms. The van der Waals surface area contributed by atoms with E-state index in [0.29, 0.717) is 11.7 Å². The van der Waals surface area contributed by atoms with Crippen molar-refractivity contribution < 1.29 is 9.84 Å². The van der Waals surface area contributed by atoms with Gasteiger partial charge in [-0.2, -0.15) is 0 Å². The molecule has 2 aromatic carbocycles. The Labute approximate surface area is 133 Å². The average molecular weight is 296 g/mol. The molecule has 0 heterocycles. The molecule has 0 spiro atoms. The van der Waals surface area contributed by atoms with Gasteiger partial charge in [0, 0.05) is 5.56 Å². The fourth-order valence-corrected chi connectivity index (χ4v) is 2.60. The molecule has 22 heavy (non-hydrogen) atoms. The Bertz CT molecular complexity index is 684. The molecule has 1 N–H and O–H groups in total. The van der Waals surface area contributed by atoms with Crippen LogP contribution in [0.4, 0.5) is 0 Å². The molecule has 0 aliphatic heterocycles. The third-order valence-corrected chi connectivity index (χ3v) is 3.95. The molecule has 0 bridgehead atoms. The van der Waals surface area contributed by atoms with Crippen molar-refractivity contribution in [2.75, 3.05) is 7.11 Å². The summed E-state index contributed by atoms with van der Waals surface area (Å²) in [7, 11) is 1.58. The van der Waals surface area contributed by atoms with Crippen molar-refractivity contribution >= 4 is 0 Å². The van der Waals surface area contributed by atoms with Crippen molar-refractivity contribution in [2.24, 2.45) is 0 Å². The third kappa shape index (κ3) is 3.16. The van der Waals surface area contributed by atoms with E-state index in [1.54, 1.807) is 7.11 Å². The maximum Gasteiger partial charge on any atom is 0.165 e. The fraction of sp³-hybridized carbons (Fsp3) is 0.300. The van der Waals surface area contributed by atoms with Crippen LogP contribution in [0.5, 0.6) is 11.5 Å². The monoisotopic (exact) mass is 296 g/mol. The second-order valence-electron chi connectivity index (χ2n) is 5.92. The Kier molecular flexibility index (Phi) is 4.92. The van der Waals surface area contributed by atoms with Gasteiger partial charge in [0.15, 0.2) is 11.5 Å². The first-order chi connectivity index (χ1) is 10.5. The van der Waals surface area contributed by atoms with Gasteiger partial charge in [-0.15, -0.1) is 6.58 Å². The third-order valence-electron chi connectivity index (χ3n) is 3.95. The lowest BCUT2D eigenvalue weighted by Crippen LogP contribution is -1.94. The van der Waals surface area contributed by atoms with E-state index in [4.69, 9.17) is 4.74 Å². The van der Waals surface area contributed by atoms with Crippen molar-refractivity contribution in [3.05, 3.63) is 59.7 Å². The summed E-state index contributed by atoms with van der Waals surface area (Å²) in [5.41, 5.74) is 5.34. The first kappa shape index (κ1) is 16.2. The molecule has 0 fully saturated rings. The molecule has 0 aliphatic carbocycles. The van der Waals surface area contributed by atoms with Gasteiger partial charge >= 0.3 is 0 Å². The molecule has 116 valence electrons. The maximum atomic E-state index is 10.5. The lowest BCUT2D eigenvalue weighted by molar-refractivity contribution is 0.374. The predicted molar refractivity (Wildman–Crippen MR) is 92.8 cm³/mol. The van der Waals surface area contributed by atoms with Crippen LogP contribution in [0.3, 0.4) is 0 Å². The highest BCUT2D eigenvalue weighted by Crippen LogP contribution is 2.40. The molecule has 0 radical (unpaired) electrons. The zero-order valence-electron chi connectivity index (χ0n) is 13.8. The molecule has 0 atom stereocenters. The number of phenolic OH excluding ortho intramolecular Hbond substituents is 1. The first-order valence-corrected chi connectivity index (χ1v) is 7.59. The number of benzene rings is 2. The standard InChI is InChI=1S/C20H24O2/c1-6-7-15-10-18(20(21)19(11-15)22-5)17-12-16(13(2)3)9-8-14(17)4/h6,8-13,21H,1,7H2,2-5H3. The SMILES string of the molecule is C=CCc1cc(OC)c(O)c(-c2cc(C(C)C)ccc2C)c1. The minimum atomic E-state index is 0.194. The topological polar surface area (TPSA) is 29.5 Å². The first-order valence-electron chi connectivity index (χ1n) is 7.59. The van der Waals surface area contributed by atoms with Crippen LogP contribution in [0.25, 0.3) is 11.1 Å². The number of methoxy groups -OCH3 is 1. The molecular weight excluding hydrogens is 272 g/mol. The Morgan fingerprint density at radius 3 is 2.50 bits per heavy atom. The Balaban J connectivity index is 2.67. The molecule has 0 saturated heterocycles. The van der Waals surface area contributed by atoms with E-state index < -0.39 is 0 Å². The van der Waals surface area contributed by atoms with E-state index in [1.165, 1.54) is 5.56 Å². The Hall–Kier alpha value is -2.22. The van der Waals surface area contributed by atoms with Crippen molar-refractivity contribution in [3.8, 4) is 22.6 Å². The van der Waals surface area contributed by atoms with Crippen LogP contribution in [-0.2, 0) is 6.42 Å². The summed E-state index contributed by atoms with van der Waals surface area (Å²) in [6, 6.07) is 10.3. The minimum absolute atomic E-state index is 0.194. The number of hydrogen-bond acceptors (Lipinski definition) is 2. The predicted octanol–water partition coefficient (Wildman–Crippen LogP) is 5.23. The van der Waals surface area contributed by atoms with Gasteiger partial charge in [-0.1, -0.05) is 38.1 Å². The van der Waals surface area contributed by atoms with Gasteiger partial charge in [0.25, 0.3) is 0 Å². The summed E-state index contributed by atoms with van der Waals surface area (Å²) in [4.78, 5) is 0. The van der Waals surface area contributed by atoms with Crippen LogP contribution < -0.4 is 4.74 Å². The smallest absolute Gasteiger partial charge is 0.165 e. The molecule has 0 unspecified atom stereocenters. The summed E-state index contributed by atoms with van der Waals surface area (Å²) in [5, 5.41) is 10.5. The summed E-state index contributed by atoms with van der Waals surface area (Å²) in [6.07, 6.45) is 2.60. The van der Waals surface area contributed by atoms with Gasteiger partial charge in [-0.25, -0.2) is 0 Å². The number of aromatic hydroxyl groups is 1. The number of ether oxygens (including phenoxy) is 1. The zero-order valence-corrected chi connectivity index (χ0v) is 13.8. The van der Waals surface area contributed by atoms with Crippen LogP contribution in [0.2, 0.25) is 0 Å². The van der Waals surface area contributed by atoms with Gasteiger partial charge in [0.1, 0.15) is 0 Å². The second kappa shape index (κ2) is 6.69. The highest BCUT2D eigenvalue weighted by Gasteiger charge is 2.15. The minimum Gasteiger partial charge on any atom is -0.504 e. The Morgan fingerprint density at radius 1 is 1.18 bits per heavy atom. The normalized spacial score (nSPS) is 10.8. The quantitative estimate of drug-likeness (QED) is 0.766. The highest BCUT2D eigenvalue weighted by atomic mass is 16.5. The number of rotatable bonds is 5. The molecule has 0 aromatic heterocycles. The largest absolute Gasteiger partial charge is 0.504 e. The summed E-state index contributed by atoms with van der Waals surface area (Å²) in [6.45, 7) is 10.2. The molecule has 0 aliphatic rings. The maximum absolute atomic E-state index is 10.5. The van der Waals surface area contributed by atoms with Crippen LogP contribution in [0.15, 0.2) is 43.0 Å². The summed E-state index contributed by atoms with van der Waals surface area (Å²) >= 11 is 0. The molecule has 0 saturated carbocycles. The van der Waals surface area contributed by atoms with E-state index in [-0.39, 0.29) is 5.75 Å². The number of allylic oxidation sites excluding steroid dienone is 1. The zero-order chi connectivity index (χ0) is 16.3. The second-order valence-corrected chi connectivity index (χ2v) is 5.92. The lowest BCUT2D eigenvalue weighted by atomic mass is 9.92. The van der Waals surface area contributed by atoms with Gasteiger partial charge in [0.05, 0.1) is 7.11 Å². The van der Waals surface area contributed by atoms with Gasteiger partial charge in [-0.3, -0.25) is 0 Å².